The number of benzene rings is 2. The number of hydrogen-bond acceptors (Lipinski definition) is 6. The number of para-hydroxylation sites is 1. The number of rotatable bonds is 10. The summed E-state index contributed by atoms with van der Waals surface area (Å²) in [6.07, 6.45) is -0.114. The van der Waals surface area contributed by atoms with Crippen LogP contribution in [-0.2, 0) is 35.6 Å². The van der Waals surface area contributed by atoms with Gasteiger partial charge in [0, 0.05) is 24.5 Å². The molecule has 1 unspecified atom stereocenters. The Morgan fingerprint density at radius 1 is 1.00 bits per heavy atom. The first-order valence-corrected chi connectivity index (χ1v) is 12.0. The van der Waals surface area contributed by atoms with Crippen LogP contribution in [0.4, 0.5) is 0 Å². The molecular weight excluding hydrogens is 444 g/mol. The van der Waals surface area contributed by atoms with E-state index >= 15 is 0 Å². The van der Waals surface area contributed by atoms with E-state index in [0.717, 1.165) is 5.39 Å². The van der Waals surface area contributed by atoms with Crippen LogP contribution in [0.2, 0.25) is 0 Å². The van der Waals surface area contributed by atoms with Crippen molar-refractivity contribution >= 4 is 38.6 Å². The van der Waals surface area contributed by atoms with E-state index in [9.17, 15) is 22.8 Å². The predicted molar refractivity (Wildman–Crippen MR) is 123 cm³/mol. The third-order valence-corrected chi connectivity index (χ3v) is 6.97. The van der Waals surface area contributed by atoms with Crippen LogP contribution in [0.25, 0.3) is 10.9 Å². The maximum absolute atomic E-state index is 13.4. The van der Waals surface area contributed by atoms with Gasteiger partial charge in [0.25, 0.3) is 15.9 Å². The predicted octanol–water partition coefficient (Wildman–Crippen LogP) is 2.84. The van der Waals surface area contributed by atoms with Gasteiger partial charge in [-0.3, -0.25) is 14.4 Å². The van der Waals surface area contributed by atoms with Crippen molar-refractivity contribution in [2.45, 2.75) is 43.6 Å². The molecule has 2 aromatic carbocycles. The van der Waals surface area contributed by atoms with Crippen LogP contribution >= 0.6 is 0 Å². The number of ketones is 1. The number of aryl methyl sites for hydroxylation is 1. The van der Waals surface area contributed by atoms with Gasteiger partial charge in [0.05, 0.1) is 10.4 Å². The molecule has 1 aromatic heterocycles. The van der Waals surface area contributed by atoms with E-state index in [1.807, 2.05) is 18.2 Å². The number of hydrogen-bond donors (Lipinski definition) is 1. The number of esters is 1. The highest BCUT2D eigenvalue weighted by Gasteiger charge is 2.26. The number of fused-ring (bicyclic) bond motifs is 1. The smallest absolute Gasteiger partial charge is 0.307 e. The molecule has 0 aliphatic carbocycles. The highest BCUT2D eigenvalue weighted by atomic mass is 32.2. The fourth-order valence-corrected chi connectivity index (χ4v) is 5.15. The molecule has 0 radical (unpaired) electrons. The molecule has 0 spiro atoms. The van der Waals surface area contributed by atoms with Crippen molar-refractivity contribution in [2.75, 3.05) is 7.05 Å². The number of aromatic nitrogens is 1. The summed E-state index contributed by atoms with van der Waals surface area (Å²) in [7, 11) is -2.45. The van der Waals surface area contributed by atoms with Crippen LogP contribution in [0.1, 0.15) is 31.9 Å². The third kappa shape index (κ3) is 5.48. The molecule has 0 fully saturated rings. The van der Waals surface area contributed by atoms with Crippen LogP contribution in [0.3, 0.4) is 0 Å². The zero-order chi connectivity index (χ0) is 24.0. The fourth-order valence-electron chi connectivity index (χ4n) is 3.56. The molecule has 1 heterocycles. The number of nitrogens with one attached hydrogen (secondary N) is 1. The molecule has 3 rings (SSSR count). The Labute approximate surface area is 192 Å². The molecule has 8 nitrogen and oxygen atoms in total. The minimum atomic E-state index is -3.80. The number of nitrogens with zero attached hydrogens (tertiary/aromatic N) is 1. The molecule has 1 amide bonds. The lowest BCUT2D eigenvalue weighted by atomic mass is 10.1. The van der Waals surface area contributed by atoms with Gasteiger partial charge >= 0.3 is 5.97 Å². The largest absolute Gasteiger partial charge is 0.444 e. The van der Waals surface area contributed by atoms with E-state index in [1.165, 1.54) is 17.9 Å². The minimum Gasteiger partial charge on any atom is -0.444 e. The zero-order valence-electron chi connectivity index (χ0n) is 18.5. The lowest BCUT2D eigenvalue weighted by molar-refractivity contribution is -0.160. The van der Waals surface area contributed by atoms with E-state index in [0.29, 0.717) is 30.5 Å². The Hall–Kier alpha value is -3.46. The van der Waals surface area contributed by atoms with Crippen molar-refractivity contribution < 1.29 is 27.5 Å². The Morgan fingerprint density at radius 3 is 2.33 bits per heavy atom. The van der Waals surface area contributed by atoms with Gasteiger partial charge in [-0.05, 0) is 50.5 Å². The molecule has 0 saturated heterocycles. The number of unbranched alkanes of at least 4 members (excludes halogenated alkanes) is 1. The standard InChI is InChI=1S/C24H26N2O6S/c1-17(27)23(24(29)25-2)32-22(28)15-9-7-11-19-16-18-10-6-8-14-21(18)26(19)33(30,31)20-12-4-3-5-13-20/h3-6,8,10,12-14,16,23H,7,9,11,15H2,1-2H3,(H,25,29). The number of carbonyl (C=O) groups is 3. The van der Waals surface area contributed by atoms with Gasteiger partial charge in [-0.15, -0.1) is 0 Å². The molecule has 33 heavy (non-hydrogen) atoms. The normalized spacial score (nSPS) is 12.3. The van der Waals surface area contributed by atoms with Crippen LogP contribution < -0.4 is 5.32 Å². The molecule has 0 saturated carbocycles. The summed E-state index contributed by atoms with van der Waals surface area (Å²) in [5, 5.41) is 3.10. The van der Waals surface area contributed by atoms with E-state index in [4.69, 9.17) is 4.74 Å². The summed E-state index contributed by atoms with van der Waals surface area (Å²) in [5.41, 5.74) is 1.20. The van der Waals surface area contributed by atoms with E-state index in [-0.39, 0.29) is 11.3 Å². The maximum Gasteiger partial charge on any atom is 0.307 e. The van der Waals surface area contributed by atoms with Gasteiger partial charge in [-0.2, -0.15) is 0 Å². The lowest BCUT2D eigenvalue weighted by Crippen LogP contribution is -2.40. The molecule has 1 N–H and O–H groups in total. The molecule has 9 heteroatoms. The fraction of sp³-hybridized carbons (Fsp3) is 0.292. The summed E-state index contributed by atoms with van der Waals surface area (Å²) in [5.74, 6) is -1.89. The second kappa shape index (κ2) is 10.4. The Kier molecular flexibility index (Phi) is 7.65. The first-order valence-electron chi connectivity index (χ1n) is 10.6. The minimum absolute atomic E-state index is 0.00639. The van der Waals surface area contributed by atoms with Crippen LogP contribution in [0, 0.1) is 0 Å². The van der Waals surface area contributed by atoms with Gasteiger partial charge in [0.2, 0.25) is 6.10 Å². The molecular formula is C24H26N2O6S. The van der Waals surface area contributed by atoms with Crippen molar-refractivity contribution in [3.63, 3.8) is 0 Å². The summed E-state index contributed by atoms with van der Waals surface area (Å²) in [4.78, 5) is 35.5. The number of carbonyl (C=O) groups excluding carboxylic acids is 3. The average Bonchev–Trinajstić information content (AvgIpc) is 3.19. The van der Waals surface area contributed by atoms with Crippen molar-refractivity contribution in [1.29, 1.82) is 0 Å². The van der Waals surface area contributed by atoms with Gasteiger partial charge < -0.3 is 10.1 Å². The molecule has 0 bridgehead atoms. The number of amides is 1. The monoisotopic (exact) mass is 470 g/mol. The first-order chi connectivity index (χ1) is 15.8. The Bertz CT molecular complexity index is 1260. The molecule has 3 aromatic rings. The second-order valence-electron chi connectivity index (χ2n) is 7.58. The average molecular weight is 471 g/mol. The summed E-state index contributed by atoms with van der Waals surface area (Å²) < 4.78 is 33.1. The van der Waals surface area contributed by atoms with Crippen molar-refractivity contribution in [3.8, 4) is 0 Å². The highest BCUT2D eigenvalue weighted by Crippen LogP contribution is 2.27. The van der Waals surface area contributed by atoms with Crippen LogP contribution in [-0.4, -0.2) is 43.2 Å². The van der Waals surface area contributed by atoms with E-state index in [1.54, 1.807) is 42.5 Å². The Morgan fingerprint density at radius 2 is 1.67 bits per heavy atom. The van der Waals surface area contributed by atoms with Gasteiger partial charge in [0.15, 0.2) is 5.78 Å². The number of ether oxygens (including phenoxy) is 1. The van der Waals surface area contributed by atoms with Crippen molar-refractivity contribution in [3.05, 3.63) is 66.4 Å². The molecule has 1 atom stereocenters. The van der Waals surface area contributed by atoms with Gasteiger partial charge in [-0.25, -0.2) is 12.4 Å². The first kappa shape index (κ1) is 24.2. The molecule has 0 aliphatic heterocycles. The number of Topliss-reactive ketones (excluding diaryl/α,β-unsaturated/α-hetero) is 1. The summed E-state index contributed by atoms with van der Waals surface area (Å²) >= 11 is 0. The second-order valence-corrected chi connectivity index (χ2v) is 9.37. The topological polar surface area (TPSA) is 112 Å². The van der Waals surface area contributed by atoms with Crippen LogP contribution in [0.15, 0.2) is 65.6 Å². The summed E-state index contributed by atoms with van der Waals surface area (Å²) in [6.45, 7) is 1.18. The maximum atomic E-state index is 13.4. The van der Waals surface area contributed by atoms with Crippen molar-refractivity contribution in [1.82, 2.24) is 9.29 Å². The van der Waals surface area contributed by atoms with Gasteiger partial charge in [0.1, 0.15) is 0 Å². The van der Waals surface area contributed by atoms with E-state index < -0.39 is 33.8 Å². The van der Waals surface area contributed by atoms with Gasteiger partial charge in [-0.1, -0.05) is 36.4 Å². The third-order valence-electron chi connectivity index (χ3n) is 5.19. The summed E-state index contributed by atoms with van der Waals surface area (Å²) in [6, 6.07) is 17.3. The zero-order valence-corrected chi connectivity index (χ0v) is 19.3. The van der Waals surface area contributed by atoms with Crippen LogP contribution in [0.5, 0.6) is 0 Å². The molecule has 0 aliphatic rings. The lowest BCUT2D eigenvalue weighted by Gasteiger charge is -2.14. The SMILES string of the molecule is CNC(=O)C(OC(=O)CCCCc1cc2ccccc2n1S(=O)(=O)c1ccccc1)C(C)=O. The molecule has 174 valence electrons. The van der Waals surface area contributed by atoms with E-state index in [2.05, 4.69) is 5.32 Å². The Balaban J connectivity index is 1.73. The highest BCUT2D eigenvalue weighted by molar-refractivity contribution is 7.90. The number of likely N-dealkylation sites (N-methyl/N-ethyl adjacent to an activating group) is 1. The van der Waals surface area contributed by atoms with Crippen molar-refractivity contribution in [2.24, 2.45) is 0 Å². The quantitative estimate of drug-likeness (QED) is 0.277.